The number of aliphatic hydroxyl groups is 1. The van der Waals surface area contributed by atoms with Crippen molar-refractivity contribution in [1.29, 1.82) is 0 Å². The van der Waals surface area contributed by atoms with E-state index in [0.29, 0.717) is 17.5 Å². The van der Waals surface area contributed by atoms with Crippen molar-refractivity contribution >= 4 is 33.3 Å². The van der Waals surface area contributed by atoms with Crippen LogP contribution < -0.4 is 5.32 Å². The van der Waals surface area contributed by atoms with E-state index in [-0.39, 0.29) is 12.1 Å². The highest BCUT2D eigenvalue weighted by Crippen LogP contribution is 2.34. The summed E-state index contributed by atoms with van der Waals surface area (Å²) in [5.74, 6) is 0.459. The molecule has 0 aromatic carbocycles. The standard InChI is InChI=1S/C16H21N3O3S/c1-3-22-16(21)13-9(2)12-14(17-8-18-15(12)23-13)19-10-4-6-11(20)7-5-10/h8,10-11,20H,3-7H2,1-2H3,(H,17,18,19). The van der Waals surface area contributed by atoms with E-state index < -0.39 is 0 Å². The van der Waals surface area contributed by atoms with Crippen LogP contribution in [0.4, 0.5) is 5.82 Å². The minimum Gasteiger partial charge on any atom is -0.462 e. The summed E-state index contributed by atoms with van der Waals surface area (Å²) in [5, 5.41) is 14.0. The molecule has 124 valence electrons. The van der Waals surface area contributed by atoms with Crippen LogP contribution in [0.15, 0.2) is 6.33 Å². The molecule has 0 unspecified atom stereocenters. The summed E-state index contributed by atoms with van der Waals surface area (Å²) in [6.07, 6.45) is 4.79. The van der Waals surface area contributed by atoms with Gasteiger partial charge in [-0.3, -0.25) is 0 Å². The number of nitrogens with one attached hydrogen (secondary N) is 1. The summed E-state index contributed by atoms with van der Waals surface area (Å²) >= 11 is 1.34. The normalized spacial score (nSPS) is 21.3. The number of nitrogens with zero attached hydrogens (tertiary/aromatic N) is 2. The van der Waals surface area contributed by atoms with Crippen LogP contribution >= 0.6 is 11.3 Å². The second-order valence-corrected chi connectivity index (χ2v) is 6.83. The summed E-state index contributed by atoms with van der Waals surface area (Å²) in [5.41, 5.74) is 0.863. The molecule has 0 radical (unpaired) electrons. The smallest absolute Gasteiger partial charge is 0.348 e. The van der Waals surface area contributed by atoms with Crippen molar-refractivity contribution in [1.82, 2.24) is 9.97 Å². The second-order valence-electron chi connectivity index (χ2n) is 5.83. The van der Waals surface area contributed by atoms with Gasteiger partial charge in [0.05, 0.1) is 18.1 Å². The topological polar surface area (TPSA) is 84.3 Å². The molecular formula is C16H21N3O3S. The zero-order chi connectivity index (χ0) is 16.4. The first-order valence-electron chi connectivity index (χ1n) is 7.96. The number of rotatable bonds is 4. The van der Waals surface area contributed by atoms with Gasteiger partial charge < -0.3 is 15.2 Å². The van der Waals surface area contributed by atoms with Gasteiger partial charge in [-0.05, 0) is 45.1 Å². The predicted molar refractivity (Wildman–Crippen MR) is 90.0 cm³/mol. The van der Waals surface area contributed by atoms with Crippen molar-refractivity contribution in [3.8, 4) is 0 Å². The first kappa shape index (κ1) is 16.1. The molecule has 23 heavy (non-hydrogen) atoms. The fraction of sp³-hybridized carbons (Fsp3) is 0.562. The van der Waals surface area contributed by atoms with E-state index in [1.165, 1.54) is 17.7 Å². The molecule has 0 aliphatic heterocycles. The molecule has 1 saturated carbocycles. The fourth-order valence-electron chi connectivity index (χ4n) is 2.99. The van der Waals surface area contributed by atoms with Crippen molar-refractivity contribution in [2.45, 2.75) is 51.7 Å². The van der Waals surface area contributed by atoms with Crippen LogP contribution in [0.1, 0.15) is 47.8 Å². The van der Waals surface area contributed by atoms with Crippen molar-refractivity contribution in [2.24, 2.45) is 0 Å². The van der Waals surface area contributed by atoms with E-state index in [0.717, 1.165) is 47.3 Å². The summed E-state index contributed by atoms with van der Waals surface area (Å²) in [7, 11) is 0. The Balaban J connectivity index is 1.90. The number of hydrogen-bond donors (Lipinski definition) is 2. The zero-order valence-electron chi connectivity index (χ0n) is 13.3. The molecular weight excluding hydrogens is 314 g/mol. The van der Waals surface area contributed by atoms with Gasteiger partial charge >= 0.3 is 5.97 Å². The van der Waals surface area contributed by atoms with Crippen LogP contribution in [0, 0.1) is 6.92 Å². The van der Waals surface area contributed by atoms with Crippen molar-refractivity contribution in [2.75, 3.05) is 11.9 Å². The Kier molecular flexibility index (Phi) is 4.77. The van der Waals surface area contributed by atoms with Gasteiger partial charge in [0.15, 0.2) is 0 Å². The molecule has 1 aliphatic carbocycles. The number of ether oxygens (including phenoxy) is 1. The Hall–Kier alpha value is -1.73. The lowest BCUT2D eigenvalue weighted by Gasteiger charge is -2.26. The minimum atomic E-state index is -0.306. The van der Waals surface area contributed by atoms with E-state index >= 15 is 0 Å². The largest absolute Gasteiger partial charge is 0.462 e. The Morgan fingerprint density at radius 3 is 2.83 bits per heavy atom. The number of esters is 1. The molecule has 0 bridgehead atoms. The van der Waals surface area contributed by atoms with Crippen molar-refractivity contribution in [3.63, 3.8) is 0 Å². The number of aromatic nitrogens is 2. The van der Waals surface area contributed by atoms with Crippen LogP contribution in [0.3, 0.4) is 0 Å². The average Bonchev–Trinajstić information content (AvgIpc) is 2.88. The monoisotopic (exact) mass is 335 g/mol. The first-order valence-corrected chi connectivity index (χ1v) is 8.77. The van der Waals surface area contributed by atoms with Gasteiger partial charge in [-0.2, -0.15) is 0 Å². The van der Waals surface area contributed by atoms with Gasteiger partial charge in [0.1, 0.15) is 21.9 Å². The van der Waals surface area contributed by atoms with Gasteiger partial charge in [0, 0.05) is 6.04 Å². The Morgan fingerprint density at radius 1 is 1.39 bits per heavy atom. The number of aliphatic hydroxyl groups excluding tert-OH is 1. The van der Waals surface area contributed by atoms with Crippen LogP contribution in [0.5, 0.6) is 0 Å². The van der Waals surface area contributed by atoms with Crippen LogP contribution in [0.2, 0.25) is 0 Å². The third-order valence-electron chi connectivity index (χ3n) is 4.23. The number of thiophene rings is 1. The van der Waals surface area contributed by atoms with Crippen LogP contribution in [0.25, 0.3) is 10.2 Å². The SMILES string of the molecule is CCOC(=O)c1sc2ncnc(NC3CCC(O)CC3)c2c1C. The van der Waals surface area contributed by atoms with Gasteiger partial charge in [0.25, 0.3) is 0 Å². The van der Waals surface area contributed by atoms with Crippen molar-refractivity contribution in [3.05, 3.63) is 16.8 Å². The number of hydrogen-bond acceptors (Lipinski definition) is 7. The molecule has 0 amide bonds. The van der Waals surface area contributed by atoms with E-state index in [9.17, 15) is 9.90 Å². The second kappa shape index (κ2) is 6.80. The highest BCUT2D eigenvalue weighted by molar-refractivity contribution is 7.20. The van der Waals surface area contributed by atoms with Crippen LogP contribution in [-0.4, -0.2) is 39.8 Å². The van der Waals surface area contributed by atoms with Gasteiger partial charge in [-0.15, -0.1) is 11.3 Å². The van der Waals surface area contributed by atoms with E-state index in [1.807, 2.05) is 6.92 Å². The molecule has 7 heteroatoms. The number of carbonyl (C=O) groups excluding carboxylic acids is 1. The van der Waals surface area contributed by atoms with E-state index in [1.54, 1.807) is 6.92 Å². The summed E-state index contributed by atoms with van der Waals surface area (Å²) < 4.78 is 5.12. The molecule has 0 saturated heterocycles. The zero-order valence-corrected chi connectivity index (χ0v) is 14.2. The van der Waals surface area contributed by atoms with E-state index in [2.05, 4.69) is 15.3 Å². The number of anilines is 1. The summed E-state index contributed by atoms with van der Waals surface area (Å²) in [6, 6.07) is 0.293. The van der Waals surface area contributed by atoms with Gasteiger partial charge in [-0.1, -0.05) is 0 Å². The Morgan fingerprint density at radius 2 is 2.13 bits per heavy atom. The minimum absolute atomic E-state index is 0.184. The van der Waals surface area contributed by atoms with Crippen LogP contribution in [-0.2, 0) is 4.74 Å². The highest BCUT2D eigenvalue weighted by Gasteiger charge is 2.23. The maximum Gasteiger partial charge on any atom is 0.348 e. The average molecular weight is 335 g/mol. The number of carbonyl (C=O) groups is 1. The third kappa shape index (κ3) is 3.30. The molecule has 3 rings (SSSR count). The lowest BCUT2D eigenvalue weighted by Crippen LogP contribution is -2.28. The maximum absolute atomic E-state index is 12.1. The Labute approximate surface area is 138 Å². The molecule has 2 aromatic rings. The lowest BCUT2D eigenvalue weighted by atomic mass is 9.93. The van der Waals surface area contributed by atoms with Crippen molar-refractivity contribution < 1.29 is 14.6 Å². The summed E-state index contributed by atoms with van der Waals surface area (Å²) in [6.45, 7) is 4.06. The fourth-order valence-corrected chi connectivity index (χ4v) is 4.03. The molecule has 1 fully saturated rings. The predicted octanol–water partition coefficient (Wildman–Crippen LogP) is 2.89. The molecule has 6 nitrogen and oxygen atoms in total. The molecule has 1 aliphatic rings. The quantitative estimate of drug-likeness (QED) is 0.836. The molecule has 2 heterocycles. The number of fused-ring (bicyclic) bond motifs is 1. The molecule has 2 aromatic heterocycles. The molecule has 2 N–H and O–H groups in total. The lowest BCUT2D eigenvalue weighted by molar-refractivity contribution is 0.0531. The van der Waals surface area contributed by atoms with E-state index in [4.69, 9.17) is 4.74 Å². The first-order chi connectivity index (χ1) is 11.1. The Bertz CT molecular complexity index is 708. The van der Waals surface area contributed by atoms with Gasteiger partial charge in [-0.25, -0.2) is 14.8 Å². The molecule has 0 spiro atoms. The van der Waals surface area contributed by atoms with Gasteiger partial charge in [0.2, 0.25) is 0 Å². The third-order valence-corrected chi connectivity index (χ3v) is 5.41. The highest BCUT2D eigenvalue weighted by atomic mass is 32.1. The number of aryl methyl sites for hydroxylation is 1. The maximum atomic E-state index is 12.1. The summed E-state index contributed by atoms with van der Waals surface area (Å²) in [4.78, 5) is 22.1. The molecule has 0 atom stereocenters.